The normalized spacial score (nSPS) is 10.9. The first-order chi connectivity index (χ1) is 10.6. The first kappa shape index (κ1) is 15.4. The summed E-state index contributed by atoms with van der Waals surface area (Å²) in [6.07, 6.45) is 3.07. The molecule has 0 fully saturated rings. The molecular formula is C16H16N4O2. The lowest BCUT2D eigenvalue weighted by Crippen LogP contribution is -2.19. The van der Waals surface area contributed by atoms with Crippen LogP contribution in [0, 0.1) is 0 Å². The van der Waals surface area contributed by atoms with Crippen molar-refractivity contribution in [1.82, 2.24) is 10.4 Å². The second-order valence-corrected chi connectivity index (χ2v) is 4.64. The summed E-state index contributed by atoms with van der Waals surface area (Å²) in [6.45, 7) is 3.22. The fourth-order valence-electron chi connectivity index (χ4n) is 1.79. The highest BCUT2D eigenvalue weighted by molar-refractivity contribution is 6.02. The number of rotatable bonds is 4. The number of aromatic nitrogens is 1. The number of hydrogen-bond acceptors (Lipinski definition) is 4. The standard InChI is InChI=1S/C16H16N4O2/c1-11(13-5-3-7-15(9-13)18-12(2)21)19-20-16(22)14-6-4-8-17-10-14/h3-10H,1-2H3,(H,18,21)(H,20,22)/b19-11-. The van der Waals surface area contributed by atoms with E-state index in [4.69, 9.17) is 0 Å². The highest BCUT2D eigenvalue weighted by Gasteiger charge is 2.05. The highest BCUT2D eigenvalue weighted by atomic mass is 16.2. The van der Waals surface area contributed by atoms with Crippen LogP contribution >= 0.6 is 0 Å². The maximum Gasteiger partial charge on any atom is 0.272 e. The second kappa shape index (κ2) is 7.12. The van der Waals surface area contributed by atoms with Gasteiger partial charge in [-0.2, -0.15) is 5.10 Å². The Labute approximate surface area is 128 Å². The van der Waals surface area contributed by atoms with Crippen LogP contribution in [0.1, 0.15) is 29.8 Å². The molecule has 2 N–H and O–H groups in total. The topological polar surface area (TPSA) is 83.5 Å². The maximum atomic E-state index is 11.9. The number of carbonyl (C=O) groups excluding carboxylic acids is 2. The Morgan fingerprint density at radius 2 is 1.86 bits per heavy atom. The zero-order chi connectivity index (χ0) is 15.9. The number of nitrogens with one attached hydrogen (secondary N) is 2. The number of carbonyl (C=O) groups is 2. The van der Waals surface area contributed by atoms with Crippen molar-refractivity contribution >= 4 is 23.2 Å². The number of benzene rings is 1. The summed E-state index contributed by atoms with van der Waals surface area (Å²) < 4.78 is 0. The van der Waals surface area contributed by atoms with E-state index in [-0.39, 0.29) is 11.8 Å². The minimum absolute atomic E-state index is 0.142. The van der Waals surface area contributed by atoms with Gasteiger partial charge in [0.2, 0.25) is 5.91 Å². The second-order valence-electron chi connectivity index (χ2n) is 4.64. The molecule has 0 radical (unpaired) electrons. The lowest BCUT2D eigenvalue weighted by Gasteiger charge is -2.06. The Morgan fingerprint density at radius 1 is 1.09 bits per heavy atom. The van der Waals surface area contributed by atoms with Crippen LogP contribution in [0.4, 0.5) is 5.69 Å². The van der Waals surface area contributed by atoms with Gasteiger partial charge in [0.15, 0.2) is 0 Å². The molecule has 0 aliphatic carbocycles. The molecule has 1 heterocycles. The van der Waals surface area contributed by atoms with Crippen molar-refractivity contribution in [1.29, 1.82) is 0 Å². The van der Waals surface area contributed by atoms with E-state index >= 15 is 0 Å². The summed E-state index contributed by atoms with van der Waals surface area (Å²) in [6, 6.07) is 10.6. The van der Waals surface area contributed by atoms with Crippen molar-refractivity contribution in [2.24, 2.45) is 5.10 Å². The third-order valence-corrected chi connectivity index (χ3v) is 2.85. The number of anilines is 1. The number of amides is 2. The van der Waals surface area contributed by atoms with E-state index in [0.29, 0.717) is 17.0 Å². The molecule has 2 rings (SSSR count). The number of hydrogen-bond donors (Lipinski definition) is 2. The summed E-state index contributed by atoms with van der Waals surface area (Å²) >= 11 is 0. The van der Waals surface area contributed by atoms with Crippen LogP contribution in [0.3, 0.4) is 0 Å². The summed E-state index contributed by atoms with van der Waals surface area (Å²) in [5.41, 5.74) is 5.03. The van der Waals surface area contributed by atoms with E-state index in [1.807, 2.05) is 12.1 Å². The fourth-order valence-corrected chi connectivity index (χ4v) is 1.79. The Balaban J connectivity index is 2.09. The third kappa shape index (κ3) is 4.24. The summed E-state index contributed by atoms with van der Waals surface area (Å²) in [5.74, 6) is -0.470. The maximum absolute atomic E-state index is 11.9. The average molecular weight is 296 g/mol. The highest BCUT2D eigenvalue weighted by Crippen LogP contribution is 2.11. The minimum Gasteiger partial charge on any atom is -0.326 e. The number of pyridine rings is 1. The largest absolute Gasteiger partial charge is 0.326 e. The van der Waals surface area contributed by atoms with E-state index in [0.717, 1.165) is 5.56 Å². The Kier molecular flexibility index (Phi) is 4.98. The summed E-state index contributed by atoms with van der Waals surface area (Å²) in [4.78, 5) is 26.8. The molecule has 1 aromatic carbocycles. The monoisotopic (exact) mass is 296 g/mol. The van der Waals surface area contributed by atoms with E-state index in [1.54, 1.807) is 37.4 Å². The minimum atomic E-state index is -0.328. The van der Waals surface area contributed by atoms with Gasteiger partial charge in [-0.3, -0.25) is 14.6 Å². The van der Waals surface area contributed by atoms with Gasteiger partial charge in [0, 0.05) is 25.0 Å². The molecule has 0 aliphatic rings. The van der Waals surface area contributed by atoms with Crippen molar-refractivity contribution in [3.63, 3.8) is 0 Å². The van der Waals surface area contributed by atoms with Crippen LogP contribution < -0.4 is 10.7 Å². The third-order valence-electron chi connectivity index (χ3n) is 2.85. The van der Waals surface area contributed by atoms with Gasteiger partial charge in [-0.05, 0) is 36.8 Å². The van der Waals surface area contributed by atoms with Crippen LogP contribution in [-0.4, -0.2) is 22.5 Å². The van der Waals surface area contributed by atoms with E-state index < -0.39 is 0 Å². The number of nitrogens with zero attached hydrogens (tertiary/aromatic N) is 2. The van der Waals surface area contributed by atoms with Gasteiger partial charge < -0.3 is 5.32 Å². The fraction of sp³-hybridized carbons (Fsp3) is 0.125. The molecule has 0 saturated heterocycles. The Bertz CT molecular complexity index is 711. The number of hydrazone groups is 1. The van der Waals surface area contributed by atoms with Crippen LogP contribution in [0.2, 0.25) is 0 Å². The molecule has 0 bridgehead atoms. The zero-order valence-corrected chi connectivity index (χ0v) is 12.3. The van der Waals surface area contributed by atoms with Gasteiger partial charge >= 0.3 is 0 Å². The zero-order valence-electron chi connectivity index (χ0n) is 12.3. The molecule has 112 valence electrons. The molecule has 0 spiro atoms. The predicted octanol–water partition coefficient (Wildman–Crippen LogP) is 2.19. The first-order valence-corrected chi connectivity index (χ1v) is 6.69. The van der Waals surface area contributed by atoms with E-state index in [9.17, 15) is 9.59 Å². The summed E-state index contributed by atoms with van der Waals surface area (Å²) in [5, 5.41) is 6.77. The first-order valence-electron chi connectivity index (χ1n) is 6.69. The lowest BCUT2D eigenvalue weighted by molar-refractivity contribution is -0.114. The molecule has 1 aromatic heterocycles. The van der Waals surface area contributed by atoms with Gasteiger partial charge in [0.1, 0.15) is 0 Å². The van der Waals surface area contributed by atoms with Gasteiger partial charge in [-0.25, -0.2) is 5.43 Å². The van der Waals surface area contributed by atoms with Crippen LogP contribution in [0.5, 0.6) is 0 Å². The molecule has 22 heavy (non-hydrogen) atoms. The van der Waals surface area contributed by atoms with Gasteiger partial charge in [0.25, 0.3) is 5.91 Å². The van der Waals surface area contributed by atoms with E-state index in [2.05, 4.69) is 20.8 Å². The average Bonchev–Trinajstić information content (AvgIpc) is 2.52. The van der Waals surface area contributed by atoms with Crippen LogP contribution in [0.15, 0.2) is 53.9 Å². The van der Waals surface area contributed by atoms with Crippen molar-refractivity contribution in [3.05, 3.63) is 59.9 Å². The van der Waals surface area contributed by atoms with Crippen molar-refractivity contribution in [2.75, 3.05) is 5.32 Å². The molecule has 0 unspecified atom stereocenters. The molecule has 6 heteroatoms. The smallest absolute Gasteiger partial charge is 0.272 e. The Morgan fingerprint density at radius 3 is 2.55 bits per heavy atom. The molecule has 0 aliphatic heterocycles. The summed E-state index contributed by atoms with van der Waals surface area (Å²) in [7, 11) is 0. The molecule has 0 saturated carbocycles. The van der Waals surface area contributed by atoms with Gasteiger partial charge in [-0.15, -0.1) is 0 Å². The molecule has 0 atom stereocenters. The Hall–Kier alpha value is -3.02. The van der Waals surface area contributed by atoms with Crippen molar-refractivity contribution in [2.45, 2.75) is 13.8 Å². The SMILES string of the molecule is CC(=O)Nc1cccc(/C(C)=N\NC(=O)c2cccnc2)c1. The molecule has 6 nitrogen and oxygen atoms in total. The van der Waals surface area contributed by atoms with E-state index in [1.165, 1.54) is 13.1 Å². The molecular weight excluding hydrogens is 280 g/mol. The van der Waals surface area contributed by atoms with Crippen molar-refractivity contribution in [3.8, 4) is 0 Å². The van der Waals surface area contributed by atoms with Crippen LogP contribution in [0.25, 0.3) is 0 Å². The lowest BCUT2D eigenvalue weighted by atomic mass is 10.1. The molecule has 2 aromatic rings. The predicted molar refractivity (Wildman–Crippen MR) is 84.7 cm³/mol. The van der Waals surface area contributed by atoms with Crippen molar-refractivity contribution < 1.29 is 9.59 Å². The van der Waals surface area contributed by atoms with Crippen LogP contribution in [-0.2, 0) is 4.79 Å². The van der Waals surface area contributed by atoms with Gasteiger partial charge in [-0.1, -0.05) is 12.1 Å². The van der Waals surface area contributed by atoms with Gasteiger partial charge in [0.05, 0.1) is 11.3 Å². The quantitative estimate of drug-likeness (QED) is 0.670. The molecule has 2 amide bonds.